The maximum Gasteiger partial charge on any atom is 0.0600 e. The molecule has 22 heavy (non-hydrogen) atoms. The lowest BCUT2D eigenvalue weighted by molar-refractivity contribution is 0.607. The Morgan fingerprint density at radius 3 is 2.59 bits per heavy atom. The van der Waals surface area contributed by atoms with Crippen molar-refractivity contribution in [3.05, 3.63) is 45.5 Å². The summed E-state index contributed by atoms with van der Waals surface area (Å²) in [5, 5.41) is 2.73. The molecule has 0 radical (unpaired) electrons. The Kier molecular flexibility index (Phi) is 5.40. The van der Waals surface area contributed by atoms with E-state index in [1.807, 2.05) is 0 Å². The number of aromatic amines is 1. The van der Waals surface area contributed by atoms with Gasteiger partial charge in [-0.05, 0) is 59.2 Å². The van der Waals surface area contributed by atoms with Crippen molar-refractivity contribution in [2.24, 2.45) is 0 Å². The molecule has 1 heterocycles. The topological polar surface area (TPSA) is 15.8 Å². The van der Waals surface area contributed by atoms with Gasteiger partial charge >= 0.3 is 0 Å². The van der Waals surface area contributed by atoms with Crippen LogP contribution in [0.15, 0.2) is 36.4 Å². The molecule has 0 amide bonds. The van der Waals surface area contributed by atoms with E-state index in [1.165, 1.54) is 75.9 Å². The van der Waals surface area contributed by atoms with E-state index in [0.29, 0.717) is 0 Å². The summed E-state index contributed by atoms with van der Waals surface area (Å²) in [4.78, 5) is 3.56. The van der Waals surface area contributed by atoms with E-state index in [4.69, 9.17) is 0 Å². The number of benzene rings is 2. The molecule has 0 aliphatic rings. The fourth-order valence-electron chi connectivity index (χ4n) is 3.20. The second-order valence-corrected chi connectivity index (χ2v) is 7.35. The van der Waals surface area contributed by atoms with Crippen LogP contribution in [-0.4, -0.2) is 4.98 Å². The highest BCUT2D eigenvalue weighted by atomic mass is 127. The molecular formula is C20H24IN. The summed E-state index contributed by atoms with van der Waals surface area (Å²) in [6, 6.07) is 13.5. The number of H-pyrrole nitrogens is 1. The number of rotatable bonds is 7. The SMILES string of the molecule is CCCCCCCCc1ccc2[nH]c3c(I)cccc3c2c1. The fraction of sp³-hybridized carbons (Fsp3) is 0.400. The lowest BCUT2D eigenvalue weighted by Gasteiger charge is -2.03. The fourth-order valence-corrected chi connectivity index (χ4v) is 3.83. The molecule has 0 aliphatic carbocycles. The summed E-state index contributed by atoms with van der Waals surface area (Å²) in [6.45, 7) is 2.28. The molecule has 0 atom stereocenters. The van der Waals surface area contributed by atoms with E-state index in [9.17, 15) is 0 Å². The molecule has 3 rings (SSSR count). The summed E-state index contributed by atoms with van der Waals surface area (Å²) in [6.07, 6.45) is 9.39. The first-order valence-electron chi connectivity index (χ1n) is 8.48. The van der Waals surface area contributed by atoms with Crippen molar-refractivity contribution in [3.63, 3.8) is 0 Å². The Morgan fingerprint density at radius 1 is 0.909 bits per heavy atom. The Morgan fingerprint density at radius 2 is 1.73 bits per heavy atom. The molecule has 0 bridgehead atoms. The van der Waals surface area contributed by atoms with Gasteiger partial charge in [-0.25, -0.2) is 0 Å². The summed E-state index contributed by atoms with van der Waals surface area (Å²) in [5.74, 6) is 0. The van der Waals surface area contributed by atoms with Crippen LogP contribution in [0.1, 0.15) is 51.0 Å². The van der Waals surface area contributed by atoms with Crippen LogP contribution in [0.2, 0.25) is 0 Å². The molecule has 0 aliphatic heterocycles. The van der Waals surface area contributed by atoms with E-state index < -0.39 is 0 Å². The zero-order valence-electron chi connectivity index (χ0n) is 13.3. The van der Waals surface area contributed by atoms with E-state index >= 15 is 0 Å². The minimum Gasteiger partial charge on any atom is -0.354 e. The second-order valence-electron chi connectivity index (χ2n) is 6.19. The molecule has 116 valence electrons. The first-order chi connectivity index (χ1) is 10.8. The first-order valence-corrected chi connectivity index (χ1v) is 9.56. The van der Waals surface area contributed by atoms with Gasteiger partial charge in [0.15, 0.2) is 0 Å². The highest BCUT2D eigenvalue weighted by molar-refractivity contribution is 14.1. The van der Waals surface area contributed by atoms with Crippen LogP contribution in [0.4, 0.5) is 0 Å². The van der Waals surface area contributed by atoms with E-state index in [0.717, 1.165) is 0 Å². The zero-order valence-corrected chi connectivity index (χ0v) is 15.4. The van der Waals surface area contributed by atoms with Gasteiger partial charge in [-0.3, -0.25) is 0 Å². The Bertz CT molecular complexity index is 757. The summed E-state index contributed by atoms with van der Waals surface area (Å²) in [5.41, 5.74) is 4.00. The number of unbranched alkanes of at least 4 members (excludes halogenated alkanes) is 5. The van der Waals surface area contributed by atoms with Gasteiger partial charge < -0.3 is 4.98 Å². The summed E-state index contributed by atoms with van der Waals surface area (Å²) >= 11 is 2.41. The molecule has 2 heteroatoms. The van der Waals surface area contributed by atoms with Gasteiger partial charge in [0.05, 0.1) is 5.52 Å². The van der Waals surface area contributed by atoms with Crippen LogP contribution in [-0.2, 0) is 6.42 Å². The molecule has 0 unspecified atom stereocenters. The molecule has 0 spiro atoms. The van der Waals surface area contributed by atoms with Gasteiger partial charge in [-0.2, -0.15) is 0 Å². The van der Waals surface area contributed by atoms with Gasteiger partial charge in [0.25, 0.3) is 0 Å². The molecule has 3 aromatic rings. The Balaban J connectivity index is 1.72. The average Bonchev–Trinajstić information content (AvgIpc) is 2.90. The summed E-state index contributed by atoms with van der Waals surface area (Å²) in [7, 11) is 0. The maximum absolute atomic E-state index is 3.56. The molecule has 0 fully saturated rings. The van der Waals surface area contributed by atoms with Gasteiger partial charge in [-0.15, -0.1) is 0 Å². The Labute approximate surface area is 146 Å². The van der Waals surface area contributed by atoms with Gasteiger partial charge in [0, 0.05) is 19.9 Å². The van der Waals surface area contributed by atoms with Crippen molar-refractivity contribution in [2.45, 2.75) is 51.9 Å². The van der Waals surface area contributed by atoms with Crippen LogP contribution in [0, 0.1) is 3.57 Å². The number of hydrogen-bond donors (Lipinski definition) is 1. The van der Waals surface area contributed by atoms with Crippen molar-refractivity contribution < 1.29 is 0 Å². The van der Waals surface area contributed by atoms with Crippen LogP contribution in [0.25, 0.3) is 21.8 Å². The van der Waals surface area contributed by atoms with Gasteiger partial charge in [0.1, 0.15) is 0 Å². The number of nitrogens with one attached hydrogen (secondary N) is 1. The smallest absolute Gasteiger partial charge is 0.0600 e. The van der Waals surface area contributed by atoms with Crippen molar-refractivity contribution in [2.75, 3.05) is 0 Å². The average molecular weight is 405 g/mol. The second kappa shape index (κ2) is 7.49. The number of fused-ring (bicyclic) bond motifs is 3. The third kappa shape index (κ3) is 3.48. The lowest BCUT2D eigenvalue weighted by Crippen LogP contribution is -1.86. The predicted octanol–water partition coefficient (Wildman–Crippen LogP) is 6.83. The largest absolute Gasteiger partial charge is 0.354 e. The molecule has 2 aromatic carbocycles. The highest BCUT2D eigenvalue weighted by Gasteiger charge is 2.07. The number of aryl methyl sites for hydroxylation is 1. The third-order valence-electron chi connectivity index (χ3n) is 4.47. The van der Waals surface area contributed by atoms with Gasteiger partial charge in [-0.1, -0.05) is 57.2 Å². The number of halogens is 1. The molecule has 1 aromatic heterocycles. The van der Waals surface area contributed by atoms with Crippen molar-refractivity contribution in [1.82, 2.24) is 4.98 Å². The van der Waals surface area contributed by atoms with Crippen molar-refractivity contribution in [3.8, 4) is 0 Å². The van der Waals surface area contributed by atoms with E-state index in [1.54, 1.807) is 0 Å². The molecule has 1 nitrogen and oxygen atoms in total. The number of hydrogen-bond acceptors (Lipinski definition) is 0. The predicted molar refractivity (Wildman–Crippen MR) is 106 cm³/mol. The minimum absolute atomic E-state index is 1.21. The molecule has 0 saturated heterocycles. The first kappa shape index (κ1) is 15.9. The number of para-hydroxylation sites is 1. The highest BCUT2D eigenvalue weighted by Crippen LogP contribution is 2.29. The van der Waals surface area contributed by atoms with Crippen LogP contribution >= 0.6 is 22.6 Å². The van der Waals surface area contributed by atoms with Crippen LogP contribution in [0.3, 0.4) is 0 Å². The number of aromatic nitrogens is 1. The normalized spacial score (nSPS) is 11.5. The summed E-state index contributed by atoms with van der Waals surface area (Å²) < 4.78 is 1.30. The third-order valence-corrected chi connectivity index (χ3v) is 5.37. The van der Waals surface area contributed by atoms with Gasteiger partial charge in [0.2, 0.25) is 0 Å². The minimum atomic E-state index is 1.21. The van der Waals surface area contributed by atoms with E-state index in [2.05, 4.69) is 70.9 Å². The van der Waals surface area contributed by atoms with Crippen molar-refractivity contribution in [1.29, 1.82) is 0 Å². The van der Waals surface area contributed by atoms with Crippen LogP contribution in [0.5, 0.6) is 0 Å². The maximum atomic E-state index is 3.56. The lowest BCUT2D eigenvalue weighted by atomic mass is 10.0. The molecule has 0 saturated carbocycles. The Hall–Kier alpha value is -1.03. The zero-order chi connectivity index (χ0) is 15.4. The monoisotopic (exact) mass is 405 g/mol. The molecular weight excluding hydrogens is 381 g/mol. The van der Waals surface area contributed by atoms with Crippen LogP contribution < -0.4 is 0 Å². The van der Waals surface area contributed by atoms with E-state index in [-0.39, 0.29) is 0 Å². The van der Waals surface area contributed by atoms with Crippen molar-refractivity contribution >= 4 is 44.4 Å². The quantitative estimate of drug-likeness (QED) is 0.328. The standard InChI is InChI=1S/C20H24IN/c1-2-3-4-5-6-7-9-15-12-13-19-17(14-15)16-10-8-11-18(21)20(16)22-19/h8,10-14,22H,2-7,9H2,1H3. The molecule has 1 N–H and O–H groups in total.